The molecule has 3 rings (SSSR count). The van der Waals surface area contributed by atoms with E-state index >= 15 is 0 Å². The summed E-state index contributed by atoms with van der Waals surface area (Å²) in [7, 11) is 0. The molecule has 0 bridgehead atoms. The second-order valence-electron chi connectivity index (χ2n) is 5.67. The van der Waals surface area contributed by atoms with E-state index in [2.05, 4.69) is 37.1 Å². The van der Waals surface area contributed by atoms with Crippen molar-refractivity contribution in [2.24, 2.45) is 0 Å². The molecule has 1 N–H and O–H groups in total. The molecule has 1 unspecified atom stereocenters. The average molecular weight is 280 g/mol. The van der Waals surface area contributed by atoms with E-state index in [-0.39, 0.29) is 0 Å². The van der Waals surface area contributed by atoms with Gasteiger partial charge in [0.25, 0.3) is 0 Å². The van der Waals surface area contributed by atoms with Gasteiger partial charge in [0.05, 0.1) is 11.8 Å². The fourth-order valence-electron chi connectivity index (χ4n) is 2.62. The van der Waals surface area contributed by atoms with Gasteiger partial charge in [0.2, 0.25) is 0 Å². The zero-order valence-corrected chi connectivity index (χ0v) is 12.4. The standard InChI is InChI=1S/C18H20N2O/c1-13(2)20-11-10-15(19-20)12-18(21)17-9-5-7-14-6-3-4-8-16(14)17/h3-11,13,18,21H,12H2,1-2H3. The molecule has 0 spiro atoms. The highest BCUT2D eigenvalue weighted by Crippen LogP contribution is 2.26. The summed E-state index contributed by atoms with van der Waals surface area (Å²) in [4.78, 5) is 0. The quantitative estimate of drug-likeness (QED) is 0.787. The highest BCUT2D eigenvalue weighted by atomic mass is 16.3. The summed E-state index contributed by atoms with van der Waals surface area (Å²) in [6, 6.07) is 16.5. The molecule has 0 aliphatic heterocycles. The van der Waals surface area contributed by atoms with Crippen molar-refractivity contribution in [3.8, 4) is 0 Å². The molecule has 1 heterocycles. The Morgan fingerprint density at radius 1 is 1.05 bits per heavy atom. The maximum absolute atomic E-state index is 10.6. The number of aliphatic hydroxyl groups excluding tert-OH is 1. The Labute approximate surface area is 124 Å². The van der Waals surface area contributed by atoms with Gasteiger partial charge >= 0.3 is 0 Å². The molecule has 0 fully saturated rings. The van der Waals surface area contributed by atoms with Crippen LogP contribution in [0.15, 0.2) is 54.7 Å². The molecular weight excluding hydrogens is 260 g/mol. The Kier molecular flexibility index (Phi) is 3.76. The lowest BCUT2D eigenvalue weighted by Crippen LogP contribution is -2.06. The third-order valence-electron chi connectivity index (χ3n) is 3.78. The molecule has 108 valence electrons. The molecule has 0 aliphatic rings. The SMILES string of the molecule is CC(C)n1ccc(CC(O)c2cccc3ccccc23)n1. The van der Waals surface area contributed by atoms with Crippen molar-refractivity contribution in [3.05, 3.63) is 66.0 Å². The summed E-state index contributed by atoms with van der Waals surface area (Å²) in [5, 5.41) is 17.3. The minimum atomic E-state index is -0.536. The molecule has 1 atom stereocenters. The molecule has 1 aromatic heterocycles. The first kappa shape index (κ1) is 13.8. The molecule has 0 saturated heterocycles. The molecule has 0 radical (unpaired) electrons. The van der Waals surface area contributed by atoms with Crippen molar-refractivity contribution in [2.75, 3.05) is 0 Å². The number of aromatic nitrogens is 2. The van der Waals surface area contributed by atoms with Gasteiger partial charge in [-0.1, -0.05) is 42.5 Å². The highest BCUT2D eigenvalue weighted by molar-refractivity contribution is 5.85. The molecule has 3 aromatic rings. The van der Waals surface area contributed by atoms with Gasteiger partial charge in [-0.2, -0.15) is 5.10 Å². The van der Waals surface area contributed by atoms with Crippen LogP contribution in [0.25, 0.3) is 10.8 Å². The molecule has 0 amide bonds. The Morgan fingerprint density at radius 2 is 1.81 bits per heavy atom. The minimum Gasteiger partial charge on any atom is -0.388 e. The maximum Gasteiger partial charge on any atom is 0.0852 e. The second kappa shape index (κ2) is 5.70. The van der Waals surface area contributed by atoms with E-state index in [4.69, 9.17) is 0 Å². The normalized spacial score (nSPS) is 13.0. The predicted octanol–water partition coefficient (Wildman–Crippen LogP) is 3.89. The van der Waals surface area contributed by atoms with E-state index in [1.807, 2.05) is 41.2 Å². The van der Waals surface area contributed by atoms with Crippen LogP contribution in [0.1, 0.15) is 37.3 Å². The molecular formula is C18H20N2O. The van der Waals surface area contributed by atoms with Crippen LogP contribution in [-0.2, 0) is 6.42 Å². The molecule has 0 aliphatic carbocycles. The number of aliphatic hydroxyl groups is 1. The fraction of sp³-hybridized carbons (Fsp3) is 0.278. The van der Waals surface area contributed by atoms with E-state index < -0.39 is 6.10 Å². The Balaban J connectivity index is 1.88. The van der Waals surface area contributed by atoms with Crippen molar-refractivity contribution in [3.63, 3.8) is 0 Å². The molecule has 0 saturated carbocycles. The van der Waals surface area contributed by atoms with Crippen molar-refractivity contribution in [1.29, 1.82) is 0 Å². The smallest absolute Gasteiger partial charge is 0.0852 e. The van der Waals surface area contributed by atoms with Gasteiger partial charge in [-0.05, 0) is 36.2 Å². The zero-order valence-electron chi connectivity index (χ0n) is 12.4. The summed E-state index contributed by atoms with van der Waals surface area (Å²) in [5.74, 6) is 0. The zero-order chi connectivity index (χ0) is 14.8. The lowest BCUT2D eigenvalue weighted by Gasteiger charge is -2.13. The van der Waals surface area contributed by atoms with Crippen molar-refractivity contribution >= 4 is 10.8 Å². The lowest BCUT2D eigenvalue weighted by molar-refractivity contribution is 0.178. The Morgan fingerprint density at radius 3 is 2.57 bits per heavy atom. The van der Waals surface area contributed by atoms with Crippen molar-refractivity contribution in [2.45, 2.75) is 32.4 Å². The number of hydrogen-bond donors (Lipinski definition) is 1. The first-order chi connectivity index (χ1) is 10.1. The third-order valence-corrected chi connectivity index (χ3v) is 3.78. The largest absolute Gasteiger partial charge is 0.388 e. The van der Waals surface area contributed by atoms with Crippen LogP contribution in [0, 0.1) is 0 Å². The second-order valence-corrected chi connectivity index (χ2v) is 5.67. The molecule has 21 heavy (non-hydrogen) atoms. The first-order valence-corrected chi connectivity index (χ1v) is 7.35. The summed E-state index contributed by atoms with van der Waals surface area (Å²) >= 11 is 0. The van der Waals surface area contributed by atoms with Gasteiger partial charge < -0.3 is 5.11 Å². The first-order valence-electron chi connectivity index (χ1n) is 7.35. The maximum atomic E-state index is 10.6. The van der Waals surface area contributed by atoms with Crippen LogP contribution in [0.2, 0.25) is 0 Å². The van der Waals surface area contributed by atoms with Crippen molar-refractivity contribution < 1.29 is 5.11 Å². The van der Waals surface area contributed by atoms with E-state index in [0.717, 1.165) is 22.0 Å². The molecule has 2 aromatic carbocycles. The fourth-order valence-corrected chi connectivity index (χ4v) is 2.62. The van der Waals surface area contributed by atoms with E-state index in [0.29, 0.717) is 12.5 Å². The lowest BCUT2D eigenvalue weighted by atomic mass is 9.98. The number of nitrogens with zero attached hydrogens (tertiary/aromatic N) is 2. The van der Waals surface area contributed by atoms with Gasteiger partial charge in [-0.3, -0.25) is 4.68 Å². The van der Waals surface area contributed by atoms with E-state index in [1.165, 1.54) is 0 Å². The number of benzene rings is 2. The molecule has 3 nitrogen and oxygen atoms in total. The van der Waals surface area contributed by atoms with Gasteiger partial charge in [0.1, 0.15) is 0 Å². The monoisotopic (exact) mass is 280 g/mol. The number of fused-ring (bicyclic) bond motifs is 1. The van der Waals surface area contributed by atoms with Crippen LogP contribution in [0.5, 0.6) is 0 Å². The van der Waals surface area contributed by atoms with Crippen LogP contribution < -0.4 is 0 Å². The van der Waals surface area contributed by atoms with Crippen molar-refractivity contribution in [1.82, 2.24) is 9.78 Å². The summed E-state index contributed by atoms with van der Waals surface area (Å²) in [6.45, 7) is 4.19. The summed E-state index contributed by atoms with van der Waals surface area (Å²) < 4.78 is 1.92. The van der Waals surface area contributed by atoms with Crippen LogP contribution in [-0.4, -0.2) is 14.9 Å². The van der Waals surface area contributed by atoms with Gasteiger partial charge in [0.15, 0.2) is 0 Å². The van der Waals surface area contributed by atoms with E-state index in [1.54, 1.807) is 0 Å². The summed E-state index contributed by atoms with van der Waals surface area (Å²) in [6.07, 6.45) is 1.97. The average Bonchev–Trinajstić information content (AvgIpc) is 2.95. The predicted molar refractivity (Wildman–Crippen MR) is 85.2 cm³/mol. The van der Waals surface area contributed by atoms with Crippen LogP contribution in [0.3, 0.4) is 0 Å². The van der Waals surface area contributed by atoms with Crippen LogP contribution in [0.4, 0.5) is 0 Å². The van der Waals surface area contributed by atoms with Gasteiger partial charge in [-0.15, -0.1) is 0 Å². The van der Waals surface area contributed by atoms with E-state index in [9.17, 15) is 5.11 Å². The highest BCUT2D eigenvalue weighted by Gasteiger charge is 2.13. The third kappa shape index (κ3) is 2.83. The minimum absolute atomic E-state index is 0.341. The van der Waals surface area contributed by atoms with Crippen LogP contribution >= 0.6 is 0 Å². The number of hydrogen-bond acceptors (Lipinski definition) is 2. The topological polar surface area (TPSA) is 38.0 Å². The van der Waals surface area contributed by atoms with Gasteiger partial charge in [0, 0.05) is 18.7 Å². The number of rotatable bonds is 4. The molecule has 3 heteroatoms. The van der Waals surface area contributed by atoms with Gasteiger partial charge in [-0.25, -0.2) is 0 Å². The Hall–Kier alpha value is -2.13. The Bertz CT molecular complexity index is 740. The summed E-state index contributed by atoms with van der Waals surface area (Å²) in [5.41, 5.74) is 1.89.